The number of ether oxygens (including phenoxy) is 1. The molecule has 0 aliphatic carbocycles. The number of nitrogens with zero attached hydrogens (tertiary/aromatic N) is 2. The van der Waals surface area contributed by atoms with Crippen molar-refractivity contribution in [2.45, 2.75) is 33.1 Å². The number of anilines is 1. The summed E-state index contributed by atoms with van der Waals surface area (Å²) in [6, 6.07) is 5.52. The van der Waals surface area contributed by atoms with Crippen LogP contribution < -0.4 is 10.6 Å². The molecular weight excluding hydrogens is 380 g/mol. The van der Waals surface area contributed by atoms with Gasteiger partial charge in [-0.2, -0.15) is 0 Å². The molecule has 0 aromatic heterocycles. The molecule has 1 saturated heterocycles. The third-order valence-corrected chi connectivity index (χ3v) is 4.98. The largest absolute Gasteiger partial charge is 0.469 e. The van der Waals surface area contributed by atoms with Crippen LogP contribution >= 0.6 is 11.6 Å². The van der Waals surface area contributed by atoms with E-state index >= 15 is 0 Å². The first-order valence-electron chi connectivity index (χ1n) is 9.61. The number of carbonyl (C=O) groups is 2. The predicted octanol–water partition coefficient (Wildman–Crippen LogP) is 2.83. The van der Waals surface area contributed by atoms with Crippen LogP contribution in [0.15, 0.2) is 23.2 Å². The van der Waals surface area contributed by atoms with Crippen molar-refractivity contribution in [1.29, 1.82) is 0 Å². The lowest BCUT2D eigenvalue weighted by atomic mass is 9.97. The van der Waals surface area contributed by atoms with E-state index in [4.69, 9.17) is 16.3 Å². The molecule has 154 valence electrons. The first-order chi connectivity index (χ1) is 13.4. The fraction of sp³-hybridized carbons (Fsp3) is 0.550. The van der Waals surface area contributed by atoms with Crippen molar-refractivity contribution in [2.75, 3.05) is 38.6 Å². The highest BCUT2D eigenvalue weighted by molar-refractivity contribution is 6.33. The summed E-state index contributed by atoms with van der Waals surface area (Å²) < 4.78 is 4.83. The zero-order valence-electron chi connectivity index (χ0n) is 16.8. The monoisotopic (exact) mass is 408 g/mol. The number of benzene rings is 1. The number of likely N-dealkylation sites (tertiary alicyclic amines) is 1. The second kappa shape index (κ2) is 10.9. The molecule has 1 heterocycles. The van der Waals surface area contributed by atoms with Crippen LogP contribution in [0.3, 0.4) is 0 Å². The van der Waals surface area contributed by atoms with Gasteiger partial charge in [0.15, 0.2) is 5.96 Å². The zero-order valence-corrected chi connectivity index (χ0v) is 17.5. The van der Waals surface area contributed by atoms with Crippen LogP contribution in [-0.2, 0) is 14.3 Å². The van der Waals surface area contributed by atoms with Gasteiger partial charge in [0.2, 0.25) is 5.91 Å². The van der Waals surface area contributed by atoms with Gasteiger partial charge in [0.1, 0.15) is 0 Å². The first kappa shape index (κ1) is 22.0. The van der Waals surface area contributed by atoms with E-state index in [0.717, 1.165) is 44.0 Å². The molecule has 1 aliphatic heterocycles. The molecule has 1 fully saturated rings. The second-order valence-corrected chi connectivity index (χ2v) is 7.21. The van der Waals surface area contributed by atoms with Crippen LogP contribution in [0.5, 0.6) is 0 Å². The van der Waals surface area contributed by atoms with Crippen LogP contribution in [0.2, 0.25) is 5.02 Å². The van der Waals surface area contributed by atoms with Gasteiger partial charge in [0.05, 0.1) is 30.3 Å². The smallest absolute Gasteiger partial charge is 0.308 e. The van der Waals surface area contributed by atoms with Crippen molar-refractivity contribution in [3.05, 3.63) is 28.8 Å². The SMILES string of the molecule is CCNC(=NCCC(=O)Nc1ccc(C)cc1Cl)N1CCC(C(=O)OC)CC1. The predicted molar refractivity (Wildman–Crippen MR) is 112 cm³/mol. The minimum Gasteiger partial charge on any atom is -0.469 e. The summed E-state index contributed by atoms with van der Waals surface area (Å²) in [5, 5.41) is 6.60. The number of carbonyl (C=O) groups excluding carboxylic acids is 2. The highest BCUT2D eigenvalue weighted by Gasteiger charge is 2.26. The Kier molecular flexibility index (Phi) is 8.57. The van der Waals surface area contributed by atoms with E-state index in [0.29, 0.717) is 17.3 Å². The Bertz CT molecular complexity index is 715. The number of nitrogens with one attached hydrogen (secondary N) is 2. The topological polar surface area (TPSA) is 83.0 Å². The third-order valence-electron chi connectivity index (χ3n) is 4.66. The number of hydrogen-bond donors (Lipinski definition) is 2. The van der Waals surface area contributed by atoms with Crippen LogP contribution in [0.1, 0.15) is 31.7 Å². The summed E-state index contributed by atoms with van der Waals surface area (Å²) in [7, 11) is 1.43. The Morgan fingerprint density at radius 2 is 2.04 bits per heavy atom. The van der Waals surface area contributed by atoms with Crippen LogP contribution in [0.4, 0.5) is 5.69 Å². The van der Waals surface area contributed by atoms with E-state index in [9.17, 15) is 9.59 Å². The van der Waals surface area contributed by atoms with Gasteiger partial charge in [-0.3, -0.25) is 14.6 Å². The molecular formula is C20H29ClN4O3. The van der Waals surface area contributed by atoms with Crippen molar-refractivity contribution in [2.24, 2.45) is 10.9 Å². The molecule has 0 radical (unpaired) electrons. The van der Waals surface area contributed by atoms with E-state index in [1.807, 2.05) is 26.0 Å². The van der Waals surface area contributed by atoms with E-state index < -0.39 is 0 Å². The Balaban J connectivity index is 1.87. The fourth-order valence-corrected chi connectivity index (χ4v) is 3.40. The van der Waals surface area contributed by atoms with Gasteiger partial charge < -0.3 is 20.3 Å². The molecule has 0 bridgehead atoms. The molecule has 2 N–H and O–H groups in total. The lowest BCUT2D eigenvalue weighted by Gasteiger charge is -2.33. The van der Waals surface area contributed by atoms with Crippen LogP contribution in [0, 0.1) is 12.8 Å². The highest BCUT2D eigenvalue weighted by atomic mass is 35.5. The van der Waals surface area contributed by atoms with Crippen molar-refractivity contribution < 1.29 is 14.3 Å². The van der Waals surface area contributed by atoms with E-state index in [2.05, 4.69) is 20.5 Å². The van der Waals surface area contributed by atoms with Gasteiger partial charge in [0, 0.05) is 26.1 Å². The number of hydrogen-bond acceptors (Lipinski definition) is 4. The molecule has 8 heteroatoms. The molecule has 7 nitrogen and oxygen atoms in total. The molecule has 0 spiro atoms. The minimum atomic E-state index is -0.145. The van der Waals surface area contributed by atoms with Gasteiger partial charge in [-0.1, -0.05) is 17.7 Å². The maximum absolute atomic E-state index is 12.2. The molecule has 28 heavy (non-hydrogen) atoms. The Morgan fingerprint density at radius 3 is 2.64 bits per heavy atom. The average Bonchev–Trinajstić information content (AvgIpc) is 2.69. The summed E-state index contributed by atoms with van der Waals surface area (Å²) >= 11 is 6.15. The summed E-state index contributed by atoms with van der Waals surface area (Å²) in [5.74, 6) is 0.448. The van der Waals surface area contributed by atoms with Crippen molar-refractivity contribution >= 4 is 35.1 Å². The number of piperidine rings is 1. The Hall–Kier alpha value is -2.28. The molecule has 0 atom stereocenters. The summed E-state index contributed by atoms with van der Waals surface area (Å²) in [4.78, 5) is 30.5. The molecule has 1 amide bonds. The van der Waals surface area contributed by atoms with Gasteiger partial charge in [-0.25, -0.2) is 0 Å². The zero-order chi connectivity index (χ0) is 20.5. The van der Waals surface area contributed by atoms with E-state index in [-0.39, 0.29) is 24.2 Å². The molecule has 1 aliphatic rings. The molecule has 0 saturated carbocycles. The number of esters is 1. The average molecular weight is 409 g/mol. The highest BCUT2D eigenvalue weighted by Crippen LogP contribution is 2.23. The first-order valence-corrected chi connectivity index (χ1v) is 9.99. The summed E-state index contributed by atoms with van der Waals surface area (Å²) in [5.41, 5.74) is 1.65. The number of rotatable bonds is 6. The molecule has 1 aromatic rings. The van der Waals surface area contributed by atoms with Crippen molar-refractivity contribution in [1.82, 2.24) is 10.2 Å². The third kappa shape index (κ3) is 6.41. The quantitative estimate of drug-likeness (QED) is 0.429. The van der Waals surface area contributed by atoms with Gasteiger partial charge in [-0.15, -0.1) is 0 Å². The number of aryl methyl sites for hydroxylation is 1. The molecule has 1 aromatic carbocycles. The van der Waals surface area contributed by atoms with E-state index in [1.165, 1.54) is 7.11 Å². The van der Waals surface area contributed by atoms with Crippen LogP contribution in [0.25, 0.3) is 0 Å². The second-order valence-electron chi connectivity index (χ2n) is 6.80. The maximum atomic E-state index is 12.2. The fourth-order valence-electron chi connectivity index (χ4n) is 3.12. The number of aliphatic imine (C=N–C) groups is 1. The number of amides is 1. The Labute approximate surface area is 171 Å². The van der Waals surface area contributed by atoms with E-state index in [1.54, 1.807) is 6.07 Å². The molecule has 0 unspecified atom stereocenters. The standard InChI is InChI=1S/C20H29ClN4O3/c1-4-22-20(25-11-8-15(9-12-25)19(27)28-3)23-10-7-18(26)24-17-6-5-14(2)13-16(17)21/h5-6,13,15H,4,7-12H2,1-3H3,(H,22,23)(H,24,26). The maximum Gasteiger partial charge on any atom is 0.308 e. The lowest BCUT2D eigenvalue weighted by Crippen LogP contribution is -2.46. The van der Waals surface area contributed by atoms with Gasteiger partial charge in [0.25, 0.3) is 0 Å². The Morgan fingerprint density at radius 1 is 1.32 bits per heavy atom. The van der Waals surface area contributed by atoms with Crippen molar-refractivity contribution in [3.8, 4) is 0 Å². The lowest BCUT2D eigenvalue weighted by molar-refractivity contribution is -0.146. The molecule has 2 rings (SSSR count). The van der Waals surface area contributed by atoms with Crippen LogP contribution in [-0.4, -0.2) is 56.0 Å². The normalized spacial score (nSPS) is 15.3. The van der Waals surface area contributed by atoms with Gasteiger partial charge >= 0.3 is 5.97 Å². The number of guanidine groups is 1. The summed E-state index contributed by atoms with van der Waals surface area (Å²) in [6.45, 7) is 6.52. The summed E-state index contributed by atoms with van der Waals surface area (Å²) in [6.07, 6.45) is 1.74. The number of halogens is 1. The minimum absolute atomic E-state index is 0.0471. The van der Waals surface area contributed by atoms with Gasteiger partial charge in [-0.05, 0) is 44.4 Å². The number of methoxy groups -OCH3 is 1. The van der Waals surface area contributed by atoms with Crippen molar-refractivity contribution in [3.63, 3.8) is 0 Å².